The van der Waals surface area contributed by atoms with E-state index in [1.54, 1.807) is 4.90 Å². The van der Waals surface area contributed by atoms with E-state index in [4.69, 9.17) is 4.74 Å². The average Bonchev–Trinajstić information content (AvgIpc) is 2.80. The minimum atomic E-state index is -4.43. The molecule has 1 saturated carbocycles. The molecule has 1 saturated heterocycles. The molecule has 33 heavy (non-hydrogen) atoms. The summed E-state index contributed by atoms with van der Waals surface area (Å²) in [5.41, 5.74) is -0.543. The summed E-state index contributed by atoms with van der Waals surface area (Å²) in [5, 5.41) is 13.4. The van der Waals surface area contributed by atoms with Gasteiger partial charge in [0.2, 0.25) is 5.82 Å². The lowest BCUT2D eigenvalue weighted by Crippen LogP contribution is -2.42. The molecule has 2 N–H and O–H groups in total. The van der Waals surface area contributed by atoms with Gasteiger partial charge >= 0.3 is 6.18 Å². The van der Waals surface area contributed by atoms with E-state index >= 15 is 4.39 Å². The Labute approximate surface area is 190 Å². The first-order valence-electron chi connectivity index (χ1n) is 11.1. The second-order valence-corrected chi connectivity index (χ2v) is 9.03. The Morgan fingerprint density at radius 2 is 1.97 bits per heavy atom. The van der Waals surface area contributed by atoms with E-state index in [0.717, 1.165) is 37.8 Å². The summed E-state index contributed by atoms with van der Waals surface area (Å²) in [6, 6.07) is 4.32. The fourth-order valence-electron chi connectivity index (χ4n) is 4.59. The molecule has 0 bridgehead atoms. The summed E-state index contributed by atoms with van der Waals surface area (Å²) < 4.78 is 59.8. The first-order chi connectivity index (χ1) is 15.7. The third kappa shape index (κ3) is 5.06. The molecule has 2 aliphatic rings. The molecule has 2 fully saturated rings. The van der Waals surface area contributed by atoms with Gasteiger partial charge < -0.3 is 20.1 Å². The maximum Gasteiger partial charge on any atom is 0.416 e. The van der Waals surface area contributed by atoms with E-state index in [1.165, 1.54) is 18.5 Å². The molecule has 1 aromatic heterocycles. The van der Waals surface area contributed by atoms with Crippen molar-refractivity contribution in [3.8, 4) is 0 Å². The van der Waals surface area contributed by atoms with E-state index in [2.05, 4.69) is 15.3 Å². The van der Waals surface area contributed by atoms with Crippen molar-refractivity contribution in [2.45, 2.75) is 50.9 Å². The number of nitrogens with zero attached hydrogens (tertiary/aromatic N) is 3. The number of aromatic nitrogens is 2. The smallest absolute Gasteiger partial charge is 0.392 e. The fraction of sp³-hybridized carbons (Fsp3) is 0.565. The van der Waals surface area contributed by atoms with Gasteiger partial charge in [-0.15, -0.1) is 0 Å². The molecule has 0 spiro atoms. The summed E-state index contributed by atoms with van der Waals surface area (Å²) in [4.78, 5) is 9.89. The van der Waals surface area contributed by atoms with Crippen molar-refractivity contribution in [3.63, 3.8) is 0 Å². The van der Waals surface area contributed by atoms with Crippen LogP contribution in [-0.4, -0.2) is 47.5 Å². The van der Waals surface area contributed by atoms with Gasteiger partial charge in [0, 0.05) is 18.5 Å². The minimum absolute atomic E-state index is 0.0386. The topological polar surface area (TPSA) is 70.5 Å². The van der Waals surface area contributed by atoms with Gasteiger partial charge in [-0.05, 0) is 30.5 Å². The van der Waals surface area contributed by atoms with Gasteiger partial charge in [0.1, 0.15) is 6.33 Å². The lowest BCUT2D eigenvalue weighted by molar-refractivity contribution is -0.137. The normalized spacial score (nSPS) is 26.3. The van der Waals surface area contributed by atoms with Crippen LogP contribution < -0.4 is 10.2 Å². The van der Waals surface area contributed by atoms with Crippen molar-refractivity contribution < 1.29 is 27.4 Å². The molecule has 2 aromatic rings. The van der Waals surface area contributed by atoms with Crippen LogP contribution in [-0.2, 0) is 10.9 Å². The van der Waals surface area contributed by atoms with Gasteiger partial charge in [-0.3, -0.25) is 0 Å². The molecule has 3 atom stereocenters. The van der Waals surface area contributed by atoms with Crippen LogP contribution in [0.15, 0.2) is 30.6 Å². The SMILES string of the molecule is CC1(CNc2ncnc(N3CCOC[C@@H]3c3ccc(C(F)(F)F)cc3)c2F)CCCCC1O. The largest absolute Gasteiger partial charge is 0.416 e. The van der Waals surface area contributed by atoms with Crippen LogP contribution in [0.2, 0.25) is 0 Å². The molecule has 1 aliphatic carbocycles. The number of morpholine rings is 1. The number of aliphatic hydroxyl groups is 1. The van der Waals surface area contributed by atoms with Gasteiger partial charge in [0.15, 0.2) is 11.6 Å². The van der Waals surface area contributed by atoms with E-state index in [0.29, 0.717) is 25.3 Å². The van der Waals surface area contributed by atoms with Crippen molar-refractivity contribution in [2.75, 3.05) is 36.5 Å². The van der Waals surface area contributed by atoms with Crippen molar-refractivity contribution in [1.82, 2.24) is 9.97 Å². The summed E-state index contributed by atoms with van der Waals surface area (Å²) in [7, 11) is 0. The molecule has 180 valence electrons. The highest BCUT2D eigenvalue weighted by Crippen LogP contribution is 2.37. The Hall–Kier alpha value is -2.46. The highest BCUT2D eigenvalue weighted by Gasteiger charge is 2.36. The first-order valence-corrected chi connectivity index (χ1v) is 11.1. The van der Waals surface area contributed by atoms with Gasteiger partial charge in [-0.2, -0.15) is 17.6 Å². The van der Waals surface area contributed by atoms with Crippen LogP contribution in [0.3, 0.4) is 0 Å². The Bertz CT molecular complexity index is 956. The van der Waals surface area contributed by atoms with Gasteiger partial charge in [-0.1, -0.05) is 31.9 Å². The standard InChI is InChI=1S/C23H28F4N4O2/c1-22(9-3-2-4-18(22)32)13-28-20-19(24)21(30-14-29-20)31-10-11-33-12-17(31)15-5-7-16(8-6-15)23(25,26)27/h5-8,14,17-18,32H,2-4,9-13H2,1H3,(H,28,29,30)/t17-,18?,22?/m1/s1. The zero-order chi connectivity index (χ0) is 23.6. The Morgan fingerprint density at radius 3 is 2.67 bits per heavy atom. The highest BCUT2D eigenvalue weighted by atomic mass is 19.4. The second-order valence-electron chi connectivity index (χ2n) is 9.03. The number of hydrogen-bond donors (Lipinski definition) is 2. The molecule has 1 aliphatic heterocycles. The minimum Gasteiger partial charge on any atom is -0.392 e. The third-order valence-corrected chi connectivity index (χ3v) is 6.73. The van der Waals surface area contributed by atoms with Gasteiger partial charge in [-0.25, -0.2) is 9.97 Å². The van der Waals surface area contributed by atoms with E-state index in [-0.39, 0.29) is 23.7 Å². The van der Waals surface area contributed by atoms with Gasteiger partial charge in [0.25, 0.3) is 0 Å². The molecule has 4 rings (SSSR count). The lowest BCUT2D eigenvalue weighted by Gasteiger charge is -2.39. The molecule has 1 aromatic carbocycles. The predicted molar refractivity (Wildman–Crippen MR) is 115 cm³/mol. The molecule has 10 heteroatoms. The van der Waals surface area contributed by atoms with Crippen LogP contribution in [0, 0.1) is 11.2 Å². The summed E-state index contributed by atoms with van der Waals surface area (Å²) in [5.74, 6) is -0.531. The van der Waals surface area contributed by atoms with Crippen LogP contribution >= 0.6 is 0 Å². The average molecular weight is 468 g/mol. The van der Waals surface area contributed by atoms with Crippen LogP contribution in [0.5, 0.6) is 0 Å². The van der Waals surface area contributed by atoms with Crippen molar-refractivity contribution in [2.24, 2.45) is 5.41 Å². The number of hydrogen-bond acceptors (Lipinski definition) is 6. The number of benzene rings is 1. The fourth-order valence-corrected chi connectivity index (χ4v) is 4.59. The molecule has 2 unspecified atom stereocenters. The molecule has 0 amide bonds. The van der Waals surface area contributed by atoms with E-state index in [9.17, 15) is 18.3 Å². The highest BCUT2D eigenvalue weighted by molar-refractivity contribution is 5.53. The van der Waals surface area contributed by atoms with Crippen molar-refractivity contribution >= 4 is 11.6 Å². The summed E-state index contributed by atoms with van der Waals surface area (Å²) in [6.07, 6.45) is -0.0895. The molecule has 2 heterocycles. The Balaban J connectivity index is 1.55. The van der Waals surface area contributed by atoms with E-state index < -0.39 is 29.7 Å². The zero-order valence-electron chi connectivity index (χ0n) is 18.4. The number of anilines is 2. The Morgan fingerprint density at radius 1 is 1.21 bits per heavy atom. The van der Waals surface area contributed by atoms with Crippen LogP contribution in [0.1, 0.15) is 49.8 Å². The molecular weight excluding hydrogens is 440 g/mol. The molecule has 6 nitrogen and oxygen atoms in total. The van der Waals surface area contributed by atoms with Crippen molar-refractivity contribution in [3.05, 3.63) is 47.5 Å². The number of rotatable bonds is 5. The molecular formula is C23H28F4N4O2. The van der Waals surface area contributed by atoms with Crippen LogP contribution in [0.25, 0.3) is 0 Å². The van der Waals surface area contributed by atoms with Crippen molar-refractivity contribution in [1.29, 1.82) is 0 Å². The maximum atomic E-state index is 15.5. The third-order valence-electron chi connectivity index (χ3n) is 6.73. The monoisotopic (exact) mass is 468 g/mol. The van der Waals surface area contributed by atoms with E-state index in [1.807, 2.05) is 6.92 Å². The molecule has 0 radical (unpaired) electrons. The number of halogens is 4. The number of ether oxygens (including phenoxy) is 1. The summed E-state index contributed by atoms with van der Waals surface area (Å²) >= 11 is 0. The number of aliphatic hydroxyl groups excluding tert-OH is 1. The second kappa shape index (κ2) is 9.42. The first kappa shape index (κ1) is 23.7. The summed E-state index contributed by atoms with van der Waals surface area (Å²) in [6.45, 7) is 3.21. The maximum absolute atomic E-state index is 15.5. The lowest BCUT2D eigenvalue weighted by atomic mass is 9.73. The van der Waals surface area contributed by atoms with Gasteiger partial charge in [0.05, 0.1) is 30.9 Å². The number of alkyl halides is 3. The zero-order valence-corrected chi connectivity index (χ0v) is 18.4. The number of nitrogens with one attached hydrogen (secondary N) is 1. The quantitative estimate of drug-likeness (QED) is 0.627. The Kier molecular flexibility index (Phi) is 6.76. The predicted octanol–water partition coefficient (Wildman–Crippen LogP) is 4.57. The van der Waals surface area contributed by atoms with Crippen LogP contribution in [0.4, 0.5) is 29.2 Å².